The zero-order chi connectivity index (χ0) is 23.3. The number of anilines is 1. The molecule has 1 atom stereocenters. The number of non-ortho nitro benzene ring substituents is 1. The lowest BCUT2D eigenvalue weighted by atomic mass is 9.89. The van der Waals surface area contributed by atoms with Gasteiger partial charge in [0.05, 0.1) is 22.9 Å². The van der Waals surface area contributed by atoms with Crippen molar-refractivity contribution in [1.82, 2.24) is 5.32 Å². The van der Waals surface area contributed by atoms with Gasteiger partial charge in [-0.1, -0.05) is 24.3 Å². The number of hydrogen-bond acceptors (Lipinski definition) is 5. The predicted octanol–water partition coefficient (Wildman–Crippen LogP) is 3.90. The average Bonchev–Trinajstić information content (AvgIpc) is 2.75. The number of nitrogens with zero attached hydrogens (tertiary/aromatic N) is 2. The van der Waals surface area contributed by atoms with Crippen molar-refractivity contribution in [3.63, 3.8) is 0 Å². The van der Waals surface area contributed by atoms with Gasteiger partial charge in [-0.05, 0) is 61.8 Å². The second-order valence-corrected chi connectivity index (χ2v) is 10.1. The molecule has 0 radical (unpaired) electrons. The zero-order valence-corrected chi connectivity index (χ0v) is 19.2. The monoisotopic (exact) mass is 459 g/mol. The van der Waals surface area contributed by atoms with Gasteiger partial charge in [0, 0.05) is 25.1 Å². The lowest BCUT2D eigenvalue weighted by molar-refractivity contribution is -0.384. The van der Waals surface area contributed by atoms with Gasteiger partial charge in [-0.2, -0.15) is 0 Å². The number of nitro benzene ring substituents is 1. The molecule has 32 heavy (non-hydrogen) atoms. The predicted molar refractivity (Wildman–Crippen MR) is 124 cm³/mol. The number of nitrogens with one attached hydrogen (secondary N) is 1. The molecule has 2 aromatic rings. The summed E-state index contributed by atoms with van der Waals surface area (Å²) in [6.45, 7) is 2.00. The molecule has 1 aliphatic rings. The number of benzene rings is 2. The molecule has 1 unspecified atom stereocenters. The van der Waals surface area contributed by atoms with Gasteiger partial charge < -0.3 is 5.32 Å². The number of rotatable bonds is 9. The van der Waals surface area contributed by atoms with E-state index in [1.165, 1.54) is 48.2 Å². The van der Waals surface area contributed by atoms with Crippen LogP contribution in [0.1, 0.15) is 55.3 Å². The minimum Gasteiger partial charge on any atom is -0.350 e. The van der Waals surface area contributed by atoms with Crippen LogP contribution in [0.5, 0.6) is 0 Å². The summed E-state index contributed by atoms with van der Waals surface area (Å²) in [6, 6.07) is 11.7. The highest BCUT2D eigenvalue weighted by Crippen LogP contribution is 2.25. The van der Waals surface area contributed by atoms with E-state index in [9.17, 15) is 23.3 Å². The number of amides is 1. The number of sulfonamides is 1. The smallest absolute Gasteiger partial charge is 0.271 e. The van der Waals surface area contributed by atoms with E-state index in [1.54, 1.807) is 0 Å². The number of aryl methyl sites for hydroxylation is 2. The molecule has 0 fully saturated rings. The van der Waals surface area contributed by atoms with E-state index in [-0.39, 0.29) is 36.3 Å². The lowest BCUT2D eigenvalue weighted by Crippen LogP contribution is -2.32. The van der Waals surface area contributed by atoms with E-state index in [0.717, 1.165) is 29.0 Å². The summed E-state index contributed by atoms with van der Waals surface area (Å²) in [4.78, 5) is 22.9. The Labute approximate surface area is 188 Å². The molecule has 0 heterocycles. The van der Waals surface area contributed by atoms with Crippen LogP contribution in [-0.2, 0) is 27.7 Å². The third kappa shape index (κ3) is 6.06. The molecule has 2 aromatic carbocycles. The van der Waals surface area contributed by atoms with Gasteiger partial charge in [0.25, 0.3) is 5.69 Å². The maximum Gasteiger partial charge on any atom is 0.271 e. The summed E-state index contributed by atoms with van der Waals surface area (Å²) in [5.74, 6) is -0.164. The standard InChI is InChI=1S/C23H29N3O5S/c1-17(19-13-12-18-7-3-4-8-20(18)15-19)24-23(27)11-6-14-25(32(2,30)31)21-9-5-10-22(16-21)26(28)29/h5,9-10,12-13,15-17H,3-4,6-8,11,14H2,1-2H3,(H,24,27). The first-order valence-corrected chi connectivity index (χ1v) is 12.6. The molecule has 0 saturated heterocycles. The molecule has 172 valence electrons. The first-order valence-electron chi connectivity index (χ1n) is 10.8. The fraction of sp³-hybridized carbons (Fsp3) is 0.435. The van der Waals surface area contributed by atoms with E-state index in [2.05, 4.69) is 23.5 Å². The molecular weight excluding hydrogens is 430 g/mol. The summed E-state index contributed by atoms with van der Waals surface area (Å²) in [5, 5.41) is 14.0. The molecule has 1 N–H and O–H groups in total. The Kier molecular flexibility index (Phi) is 7.50. The Morgan fingerprint density at radius 2 is 1.88 bits per heavy atom. The Balaban J connectivity index is 1.58. The summed E-state index contributed by atoms with van der Waals surface area (Å²) < 4.78 is 25.5. The van der Waals surface area contributed by atoms with E-state index < -0.39 is 14.9 Å². The van der Waals surface area contributed by atoms with Crippen LogP contribution in [0.3, 0.4) is 0 Å². The SMILES string of the molecule is CC(NC(=O)CCCN(c1cccc([N+](=O)[O-])c1)S(C)(=O)=O)c1ccc2c(c1)CCCC2. The van der Waals surface area contributed by atoms with Crippen molar-refractivity contribution < 1.29 is 18.1 Å². The van der Waals surface area contributed by atoms with Crippen LogP contribution >= 0.6 is 0 Å². The number of hydrogen-bond donors (Lipinski definition) is 1. The first kappa shape index (κ1) is 23.7. The van der Waals surface area contributed by atoms with Crippen molar-refractivity contribution in [3.05, 3.63) is 69.3 Å². The highest BCUT2D eigenvalue weighted by atomic mass is 32.2. The number of carbonyl (C=O) groups is 1. The van der Waals surface area contributed by atoms with E-state index in [0.29, 0.717) is 6.42 Å². The van der Waals surface area contributed by atoms with Crippen molar-refractivity contribution in [2.24, 2.45) is 0 Å². The number of nitro groups is 1. The Bertz CT molecular complexity index is 1100. The topological polar surface area (TPSA) is 110 Å². The maximum absolute atomic E-state index is 12.5. The largest absolute Gasteiger partial charge is 0.350 e. The lowest BCUT2D eigenvalue weighted by Gasteiger charge is -2.22. The Hall–Kier alpha value is -2.94. The van der Waals surface area contributed by atoms with Crippen LogP contribution in [0, 0.1) is 10.1 Å². The molecule has 0 spiro atoms. The molecule has 8 nitrogen and oxygen atoms in total. The minimum atomic E-state index is -3.65. The van der Waals surface area contributed by atoms with Crippen molar-refractivity contribution in [2.75, 3.05) is 17.1 Å². The molecule has 0 bridgehead atoms. The van der Waals surface area contributed by atoms with E-state index in [1.807, 2.05) is 6.92 Å². The normalized spacial score (nSPS) is 14.3. The number of fused-ring (bicyclic) bond motifs is 1. The summed E-state index contributed by atoms with van der Waals surface area (Å²) in [6.07, 6.45) is 6.08. The molecule has 0 saturated carbocycles. The van der Waals surface area contributed by atoms with Crippen molar-refractivity contribution in [3.8, 4) is 0 Å². The van der Waals surface area contributed by atoms with Gasteiger partial charge in [-0.3, -0.25) is 19.2 Å². The third-order valence-corrected chi connectivity index (χ3v) is 6.94. The summed E-state index contributed by atoms with van der Waals surface area (Å²) in [7, 11) is -3.65. The molecule has 1 aliphatic carbocycles. The quantitative estimate of drug-likeness (QED) is 0.452. The Morgan fingerprint density at radius 1 is 1.16 bits per heavy atom. The second kappa shape index (κ2) is 10.1. The van der Waals surface area contributed by atoms with Crippen LogP contribution in [0.25, 0.3) is 0 Å². The van der Waals surface area contributed by atoms with Gasteiger partial charge in [0.1, 0.15) is 0 Å². The van der Waals surface area contributed by atoms with Crippen molar-refractivity contribution in [2.45, 2.75) is 51.5 Å². The first-order chi connectivity index (χ1) is 15.1. The fourth-order valence-electron chi connectivity index (χ4n) is 4.05. The van der Waals surface area contributed by atoms with Crippen LogP contribution in [0.15, 0.2) is 42.5 Å². The van der Waals surface area contributed by atoms with E-state index >= 15 is 0 Å². The zero-order valence-electron chi connectivity index (χ0n) is 18.4. The van der Waals surface area contributed by atoms with Crippen LogP contribution in [-0.4, -0.2) is 32.0 Å². The third-order valence-electron chi connectivity index (χ3n) is 5.74. The van der Waals surface area contributed by atoms with Gasteiger partial charge >= 0.3 is 0 Å². The van der Waals surface area contributed by atoms with Crippen LogP contribution in [0.2, 0.25) is 0 Å². The average molecular weight is 460 g/mol. The van der Waals surface area contributed by atoms with Crippen LogP contribution in [0.4, 0.5) is 11.4 Å². The molecule has 1 amide bonds. The summed E-state index contributed by atoms with van der Waals surface area (Å²) in [5.41, 5.74) is 3.83. The van der Waals surface area contributed by atoms with Gasteiger partial charge in [0.15, 0.2) is 0 Å². The second-order valence-electron chi connectivity index (χ2n) is 8.24. The van der Waals surface area contributed by atoms with Gasteiger partial charge in [-0.25, -0.2) is 8.42 Å². The minimum absolute atomic E-state index is 0.0562. The Morgan fingerprint density at radius 3 is 2.56 bits per heavy atom. The van der Waals surface area contributed by atoms with E-state index in [4.69, 9.17) is 0 Å². The molecule has 0 aromatic heterocycles. The van der Waals surface area contributed by atoms with Crippen molar-refractivity contribution >= 4 is 27.3 Å². The van der Waals surface area contributed by atoms with Crippen LogP contribution < -0.4 is 9.62 Å². The molecular formula is C23H29N3O5S. The number of carbonyl (C=O) groups excluding carboxylic acids is 1. The molecule has 9 heteroatoms. The molecule has 0 aliphatic heterocycles. The highest BCUT2D eigenvalue weighted by Gasteiger charge is 2.20. The fourth-order valence-corrected chi connectivity index (χ4v) is 5.01. The highest BCUT2D eigenvalue weighted by molar-refractivity contribution is 7.92. The van der Waals surface area contributed by atoms with Crippen molar-refractivity contribution in [1.29, 1.82) is 0 Å². The van der Waals surface area contributed by atoms with Gasteiger partial charge in [0.2, 0.25) is 15.9 Å². The van der Waals surface area contributed by atoms with Gasteiger partial charge in [-0.15, -0.1) is 0 Å². The summed E-state index contributed by atoms with van der Waals surface area (Å²) >= 11 is 0. The molecule has 3 rings (SSSR count). The maximum atomic E-state index is 12.5.